The molecule has 88 valence electrons. The first-order valence-corrected chi connectivity index (χ1v) is 6.76. The van der Waals surface area contributed by atoms with Gasteiger partial charge in [0.15, 0.2) is 0 Å². The minimum absolute atomic E-state index is 0.808. The summed E-state index contributed by atoms with van der Waals surface area (Å²) in [5, 5.41) is 3.79. The van der Waals surface area contributed by atoms with Crippen LogP contribution in [0.2, 0.25) is 0 Å². The maximum absolute atomic E-state index is 3.79. The lowest BCUT2D eigenvalue weighted by Gasteiger charge is -2.31. The Labute approximate surface area is 94.4 Å². The highest BCUT2D eigenvalue weighted by Gasteiger charge is 2.18. The largest absolute Gasteiger partial charge is 0.314 e. The van der Waals surface area contributed by atoms with Gasteiger partial charge in [-0.3, -0.25) is 0 Å². The highest BCUT2D eigenvalue weighted by Crippen LogP contribution is 2.23. The summed E-state index contributed by atoms with van der Waals surface area (Å²) in [5.74, 6) is 0.985. The van der Waals surface area contributed by atoms with E-state index < -0.39 is 0 Å². The molecule has 2 rings (SSSR count). The van der Waals surface area contributed by atoms with Gasteiger partial charge in [-0.2, -0.15) is 0 Å². The molecule has 2 heteroatoms. The van der Waals surface area contributed by atoms with Gasteiger partial charge in [0.25, 0.3) is 0 Å². The lowest BCUT2D eigenvalue weighted by molar-refractivity contribution is 0.223. The van der Waals surface area contributed by atoms with Crippen LogP contribution < -0.4 is 5.32 Å². The molecule has 2 aliphatic rings. The smallest absolute Gasteiger partial charge is 0.00915 e. The number of nitrogens with zero attached hydrogens (tertiary/aromatic N) is 1. The minimum atomic E-state index is 0.808. The molecule has 0 amide bonds. The van der Waals surface area contributed by atoms with E-state index in [1.807, 2.05) is 0 Å². The summed E-state index contributed by atoms with van der Waals surface area (Å²) in [6.45, 7) is 3.85. The number of rotatable bonds is 3. The van der Waals surface area contributed by atoms with Gasteiger partial charge in [-0.05, 0) is 58.3 Å². The molecule has 1 N–H and O–H groups in total. The first kappa shape index (κ1) is 11.4. The summed E-state index contributed by atoms with van der Waals surface area (Å²) < 4.78 is 0. The number of hydrogen-bond donors (Lipinski definition) is 1. The Kier molecular flexibility index (Phi) is 4.45. The number of nitrogens with one attached hydrogen (secondary N) is 1. The number of piperidine rings is 1. The molecule has 2 fully saturated rings. The predicted octanol–water partition coefficient (Wildman–Crippen LogP) is 2.25. The average molecular weight is 210 g/mol. The van der Waals surface area contributed by atoms with Crippen LogP contribution in [0.5, 0.6) is 0 Å². The summed E-state index contributed by atoms with van der Waals surface area (Å²) in [4.78, 5) is 2.44. The van der Waals surface area contributed by atoms with Crippen LogP contribution in [0.1, 0.15) is 44.9 Å². The van der Waals surface area contributed by atoms with E-state index in [0.29, 0.717) is 0 Å². The van der Waals surface area contributed by atoms with Crippen molar-refractivity contribution >= 4 is 0 Å². The molecule has 1 saturated carbocycles. The molecule has 15 heavy (non-hydrogen) atoms. The zero-order valence-corrected chi connectivity index (χ0v) is 10.2. The molecule has 0 aromatic heterocycles. The van der Waals surface area contributed by atoms with Crippen molar-refractivity contribution in [2.75, 3.05) is 26.7 Å². The van der Waals surface area contributed by atoms with Crippen molar-refractivity contribution in [3.05, 3.63) is 0 Å². The van der Waals surface area contributed by atoms with Crippen LogP contribution in [0.25, 0.3) is 0 Å². The molecular formula is C13H26N2. The van der Waals surface area contributed by atoms with E-state index in [0.717, 1.165) is 12.0 Å². The van der Waals surface area contributed by atoms with E-state index in [1.54, 1.807) is 0 Å². The van der Waals surface area contributed by atoms with Crippen LogP contribution >= 0.6 is 0 Å². The van der Waals surface area contributed by atoms with Crippen molar-refractivity contribution in [2.24, 2.45) is 5.92 Å². The third-order valence-corrected chi connectivity index (χ3v) is 4.14. The molecule has 1 aliphatic heterocycles. The van der Waals surface area contributed by atoms with Gasteiger partial charge in [-0.25, -0.2) is 0 Å². The maximum Gasteiger partial charge on any atom is 0.00915 e. The molecule has 1 saturated heterocycles. The first-order chi connectivity index (χ1) is 7.34. The fourth-order valence-corrected chi connectivity index (χ4v) is 2.94. The fourth-order valence-electron chi connectivity index (χ4n) is 2.94. The Morgan fingerprint density at radius 3 is 2.33 bits per heavy atom. The van der Waals surface area contributed by atoms with Gasteiger partial charge in [-0.1, -0.05) is 19.3 Å². The van der Waals surface area contributed by atoms with Crippen molar-refractivity contribution in [2.45, 2.75) is 51.0 Å². The van der Waals surface area contributed by atoms with Crippen LogP contribution in [0, 0.1) is 5.92 Å². The molecule has 0 unspecified atom stereocenters. The van der Waals surface area contributed by atoms with E-state index in [2.05, 4.69) is 17.3 Å². The lowest BCUT2D eigenvalue weighted by Crippen LogP contribution is -2.42. The Balaban J connectivity index is 1.60. The zero-order chi connectivity index (χ0) is 10.5. The fraction of sp³-hybridized carbons (Fsp3) is 1.00. The van der Waals surface area contributed by atoms with Gasteiger partial charge in [0.1, 0.15) is 0 Å². The molecule has 0 radical (unpaired) electrons. The Morgan fingerprint density at radius 1 is 1.00 bits per heavy atom. The molecule has 1 heterocycles. The highest BCUT2D eigenvalue weighted by molar-refractivity contribution is 4.77. The number of hydrogen-bond acceptors (Lipinski definition) is 2. The quantitative estimate of drug-likeness (QED) is 0.768. The van der Waals surface area contributed by atoms with Gasteiger partial charge in [-0.15, -0.1) is 0 Å². The topological polar surface area (TPSA) is 15.3 Å². The van der Waals surface area contributed by atoms with Crippen molar-refractivity contribution < 1.29 is 0 Å². The molecule has 0 spiro atoms. The summed E-state index contributed by atoms with van der Waals surface area (Å²) in [6, 6.07) is 0.808. The molecule has 0 aromatic rings. The van der Waals surface area contributed by atoms with Gasteiger partial charge >= 0.3 is 0 Å². The monoisotopic (exact) mass is 210 g/mol. The van der Waals surface area contributed by atoms with E-state index >= 15 is 0 Å². The standard InChI is InChI=1S/C13H26N2/c1-15-9-7-13(8-10-15)14-11-12-5-3-2-4-6-12/h12-14H,2-11H2,1H3. The molecule has 0 atom stereocenters. The van der Waals surface area contributed by atoms with Crippen LogP contribution in [0.3, 0.4) is 0 Å². The summed E-state index contributed by atoms with van der Waals surface area (Å²) >= 11 is 0. The summed E-state index contributed by atoms with van der Waals surface area (Å²) in [7, 11) is 2.23. The average Bonchev–Trinajstić information content (AvgIpc) is 2.30. The second-order valence-corrected chi connectivity index (χ2v) is 5.49. The third kappa shape index (κ3) is 3.76. The minimum Gasteiger partial charge on any atom is -0.314 e. The van der Waals surface area contributed by atoms with Crippen LogP contribution in [0.15, 0.2) is 0 Å². The molecule has 0 aromatic carbocycles. The molecule has 2 nitrogen and oxygen atoms in total. The maximum atomic E-state index is 3.79. The van der Waals surface area contributed by atoms with Crippen molar-refractivity contribution in [1.82, 2.24) is 10.2 Å². The molecule has 0 bridgehead atoms. The normalized spacial score (nSPS) is 27.0. The molecular weight excluding hydrogens is 184 g/mol. The van der Waals surface area contributed by atoms with Crippen molar-refractivity contribution in [3.8, 4) is 0 Å². The van der Waals surface area contributed by atoms with Crippen LogP contribution in [0.4, 0.5) is 0 Å². The van der Waals surface area contributed by atoms with Crippen LogP contribution in [-0.2, 0) is 0 Å². The highest BCUT2D eigenvalue weighted by atomic mass is 15.1. The summed E-state index contributed by atoms with van der Waals surface area (Å²) in [6.07, 6.45) is 10.1. The SMILES string of the molecule is CN1CCC(NCC2CCCCC2)CC1. The Morgan fingerprint density at radius 2 is 1.67 bits per heavy atom. The second kappa shape index (κ2) is 5.86. The van der Waals surface area contributed by atoms with E-state index in [1.165, 1.54) is 64.6 Å². The first-order valence-electron chi connectivity index (χ1n) is 6.76. The van der Waals surface area contributed by atoms with Crippen LogP contribution in [-0.4, -0.2) is 37.6 Å². The van der Waals surface area contributed by atoms with Gasteiger partial charge < -0.3 is 10.2 Å². The Bertz CT molecular complexity index is 167. The van der Waals surface area contributed by atoms with Gasteiger partial charge in [0, 0.05) is 6.04 Å². The Hall–Kier alpha value is -0.0800. The van der Waals surface area contributed by atoms with E-state index in [9.17, 15) is 0 Å². The number of likely N-dealkylation sites (tertiary alicyclic amines) is 1. The predicted molar refractivity (Wildman–Crippen MR) is 65.1 cm³/mol. The van der Waals surface area contributed by atoms with E-state index in [-0.39, 0.29) is 0 Å². The van der Waals surface area contributed by atoms with E-state index in [4.69, 9.17) is 0 Å². The second-order valence-electron chi connectivity index (χ2n) is 5.49. The molecule has 1 aliphatic carbocycles. The lowest BCUT2D eigenvalue weighted by atomic mass is 9.89. The van der Waals surface area contributed by atoms with Crippen molar-refractivity contribution in [3.63, 3.8) is 0 Å². The third-order valence-electron chi connectivity index (χ3n) is 4.14. The summed E-state index contributed by atoms with van der Waals surface area (Å²) in [5.41, 5.74) is 0. The zero-order valence-electron chi connectivity index (χ0n) is 10.2. The van der Waals surface area contributed by atoms with Crippen molar-refractivity contribution in [1.29, 1.82) is 0 Å². The van der Waals surface area contributed by atoms with Gasteiger partial charge in [0.05, 0.1) is 0 Å². The van der Waals surface area contributed by atoms with Gasteiger partial charge in [0.2, 0.25) is 0 Å².